The van der Waals surface area contributed by atoms with Gasteiger partial charge in [0.2, 0.25) is 5.91 Å². The number of ether oxygens (including phenoxy) is 2. The Labute approximate surface area is 220 Å². The second-order valence-corrected chi connectivity index (χ2v) is 9.53. The van der Waals surface area contributed by atoms with Gasteiger partial charge in [0.05, 0.1) is 25.5 Å². The van der Waals surface area contributed by atoms with E-state index in [1.165, 1.54) is 17.4 Å². The van der Waals surface area contributed by atoms with Crippen molar-refractivity contribution in [2.24, 2.45) is 0 Å². The summed E-state index contributed by atoms with van der Waals surface area (Å²) in [4.78, 5) is 26.7. The molecule has 1 N–H and O–H groups in total. The summed E-state index contributed by atoms with van der Waals surface area (Å²) in [5.41, 5.74) is 2.78. The van der Waals surface area contributed by atoms with Crippen LogP contribution >= 0.6 is 11.8 Å². The van der Waals surface area contributed by atoms with Crippen LogP contribution in [0.15, 0.2) is 78.0 Å². The number of nitrogens with one attached hydrogen (secondary N) is 1. The maximum absolute atomic E-state index is 13.0. The van der Waals surface area contributed by atoms with E-state index in [9.17, 15) is 4.79 Å². The molecule has 1 aliphatic heterocycles. The van der Waals surface area contributed by atoms with E-state index in [0.29, 0.717) is 35.6 Å². The van der Waals surface area contributed by atoms with Crippen molar-refractivity contribution in [3.8, 4) is 11.5 Å². The molecule has 3 aromatic carbocycles. The Morgan fingerprint density at radius 1 is 0.892 bits per heavy atom. The van der Waals surface area contributed by atoms with Gasteiger partial charge < -0.3 is 24.6 Å². The molecule has 0 aliphatic carbocycles. The number of fused-ring (bicyclic) bond motifs is 1. The van der Waals surface area contributed by atoms with Crippen LogP contribution in [0.2, 0.25) is 0 Å². The number of anilines is 3. The molecule has 1 amide bonds. The number of aromatic nitrogens is 2. The predicted octanol–water partition coefficient (Wildman–Crippen LogP) is 4.83. The van der Waals surface area contributed by atoms with Gasteiger partial charge in [-0.2, -0.15) is 0 Å². The number of carbonyl (C=O) groups excluding carboxylic acids is 1. The summed E-state index contributed by atoms with van der Waals surface area (Å²) >= 11 is 1.36. The normalized spacial score (nSPS) is 13.5. The lowest BCUT2D eigenvalue weighted by Crippen LogP contribution is -2.49. The molecule has 0 spiro atoms. The van der Waals surface area contributed by atoms with Crippen LogP contribution in [0.25, 0.3) is 10.9 Å². The van der Waals surface area contributed by atoms with E-state index in [2.05, 4.69) is 22.3 Å². The number of methoxy groups -OCH3 is 2. The number of thioether (sulfide) groups is 1. The van der Waals surface area contributed by atoms with E-state index >= 15 is 0 Å². The van der Waals surface area contributed by atoms with E-state index < -0.39 is 0 Å². The van der Waals surface area contributed by atoms with Gasteiger partial charge >= 0.3 is 0 Å². The molecule has 0 unspecified atom stereocenters. The molecule has 2 heterocycles. The van der Waals surface area contributed by atoms with Gasteiger partial charge in [0.25, 0.3) is 0 Å². The summed E-state index contributed by atoms with van der Waals surface area (Å²) < 4.78 is 10.8. The Balaban J connectivity index is 1.28. The fraction of sp³-hybridized carbons (Fsp3) is 0.250. The first kappa shape index (κ1) is 24.7. The monoisotopic (exact) mass is 515 g/mol. The molecule has 0 bridgehead atoms. The number of benzene rings is 3. The largest absolute Gasteiger partial charge is 0.497 e. The number of amides is 1. The topological polar surface area (TPSA) is 79.8 Å². The van der Waals surface area contributed by atoms with Crippen molar-refractivity contribution in [1.29, 1.82) is 0 Å². The van der Waals surface area contributed by atoms with Gasteiger partial charge in [-0.25, -0.2) is 9.97 Å². The fourth-order valence-corrected chi connectivity index (χ4v) is 5.06. The van der Waals surface area contributed by atoms with E-state index in [0.717, 1.165) is 29.7 Å². The highest BCUT2D eigenvalue weighted by molar-refractivity contribution is 7.99. The first-order valence-electron chi connectivity index (χ1n) is 12.1. The summed E-state index contributed by atoms with van der Waals surface area (Å²) in [5.74, 6) is 2.39. The molecule has 1 fully saturated rings. The number of nitrogens with zero attached hydrogens (tertiary/aromatic N) is 4. The van der Waals surface area contributed by atoms with E-state index in [4.69, 9.17) is 19.4 Å². The molecule has 0 atom stereocenters. The summed E-state index contributed by atoms with van der Waals surface area (Å²) in [5, 5.41) is 4.82. The van der Waals surface area contributed by atoms with Crippen LogP contribution < -0.4 is 19.7 Å². The van der Waals surface area contributed by atoms with Crippen LogP contribution in [0.5, 0.6) is 11.5 Å². The first-order chi connectivity index (χ1) is 18.1. The zero-order chi connectivity index (χ0) is 25.6. The Hall–Kier alpha value is -3.98. The zero-order valence-electron chi connectivity index (χ0n) is 20.9. The second-order valence-electron chi connectivity index (χ2n) is 8.59. The summed E-state index contributed by atoms with van der Waals surface area (Å²) in [6.45, 7) is 3.06. The first-order valence-corrected chi connectivity index (χ1v) is 13.1. The van der Waals surface area contributed by atoms with Crippen molar-refractivity contribution in [3.63, 3.8) is 0 Å². The maximum atomic E-state index is 13.0. The van der Waals surface area contributed by atoms with E-state index in [-0.39, 0.29) is 11.7 Å². The van der Waals surface area contributed by atoms with Gasteiger partial charge in [0.1, 0.15) is 17.3 Å². The third kappa shape index (κ3) is 5.89. The van der Waals surface area contributed by atoms with Crippen LogP contribution in [-0.2, 0) is 4.79 Å². The lowest BCUT2D eigenvalue weighted by atomic mass is 10.2. The van der Waals surface area contributed by atoms with Crippen molar-refractivity contribution in [1.82, 2.24) is 14.9 Å². The highest BCUT2D eigenvalue weighted by Crippen LogP contribution is 2.31. The summed E-state index contributed by atoms with van der Waals surface area (Å²) in [7, 11) is 3.23. The van der Waals surface area contributed by atoms with Crippen molar-refractivity contribution in [2.75, 3.05) is 56.4 Å². The van der Waals surface area contributed by atoms with Crippen LogP contribution in [0.4, 0.5) is 17.2 Å². The molecule has 0 radical (unpaired) electrons. The Kier molecular flexibility index (Phi) is 7.60. The average molecular weight is 516 g/mol. The second kappa shape index (κ2) is 11.4. The minimum absolute atomic E-state index is 0.0986. The van der Waals surface area contributed by atoms with Crippen LogP contribution in [-0.4, -0.2) is 66.9 Å². The Morgan fingerprint density at radius 2 is 1.57 bits per heavy atom. The molecule has 1 aliphatic rings. The van der Waals surface area contributed by atoms with Crippen molar-refractivity contribution in [2.45, 2.75) is 5.16 Å². The van der Waals surface area contributed by atoms with Gasteiger partial charge in [-0.15, -0.1) is 0 Å². The van der Waals surface area contributed by atoms with Crippen LogP contribution in [0.1, 0.15) is 0 Å². The zero-order valence-corrected chi connectivity index (χ0v) is 21.7. The predicted molar refractivity (Wildman–Crippen MR) is 148 cm³/mol. The van der Waals surface area contributed by atoms with Gasteiger partial charge in [-0.1, -0.05) is 42.1 Å². The molecule has 190 valence electrons. The molecule has 5 rings (SSSR count). The SMILES string of the molecule is COc1cc(Nc2nc(SCC(=O)N3CCN(c4ccccc4)CC3)nc3ccccc23)cc(OC)c1. The molecule has 9 heteroatoms. The lowest BCUT2D eigenvalue weighted by molar-refractivity contribution is -0.128. The fourth-order valence-electron chi connectivity index (χ4n) is 4.30. The van der Waals surface area contributed by atoms with E-state index in [1.807, 2.05) is 65.6 Å². The molecule has 8 nitrogen and oxygen atoms in total. The molecular formula is C28H29N5O3S. The molecule has 4 aromatic rings. The van der Waals surface area contributed by atoms with Gasteiger partial charge in [0, 0.05) is 61.1 Å². The molecule has 1 saturated heterocycles. The molecule has 37 heavy (non-hydrogen) atoms. The minimum atomic E-state index is 0.0986. The third-order valence-corrected chi connectivity index (χ3v) is 7.11. The lowest BCUT2D eigenvalue weighted by Gasteiger charge is -2.36. The Morgan fingerprint density at radius 3 is 2.27 bits per heavy atom. The standard InChI is InChI=1S/C28H29N5O3S/c1-35-22-16-20(17-23(18-22)36-2)29-27-24-10-6-7-11-25(24)30-28(31-27)37-19-26(34)33-14-12-32(13-15-33)21-8-4-3-5-9-21/h3-11,16-18H,12-15,19H2,1-2H3,(H,29,30,31). The number of carbonyl (C=O) groups is 1. The number of hydrogen-bond acceptors (Lipinski definition) is 8. The smallest absolute Gasteiger partial charge is 0.233 e. The van der Waals surface area contributed by atoms with Gasteiger partial charge in [-0.3, -0.25) is 4.79 Å². The summed E-state index contributed by atoms with van der Waals surface area (Å²) in [6.07, 6.45) is 0. The van der Waals surface area contributed by atoms with Crippen molar-refractivity contribution >= 4 is 45.8 Å². The third-order valence-electron chi connectivity index (χ3n) is 6.28. The van der Waals surface area contributed by atoms with Crippen LogP contribution in [0.3, 0.4) is 0 Å². The molecular weight excluding hydrogens is 486 g/mol. The van der Waals surface area contributed by atoms with Crippen molar-refractivity contribution < 1.29 is 14.3 Å². The highest BCUT2D eigenvalue weighted by Gasteiger charge is 2.22. The van der Waals surface area contributed by atoms with Gasteiger partial charge in [0.15, 0.2) is 5.16 Å². The molecule has 0 saturated carbocycles. The van der Waals surface area contributed by atoms with Crippen LogP contribution in [0, 0.1) is 0 Å². The van der Waals surface area contributed by atoms with E-state index in [1.54, 1.807) is 14.2 Å². The number of para-hydroxylation sites is 2. The number of piperazine rings is 1. The maximum Gasteiger partial charge on any atom is 0.233 e. The highest BCUT2D eigenvalue weighted by atomic mass is 32.2. The Bertz CT molecular complexity index is 1350. The molecule has 1 aromatic heterocycles. The minimum Gasteiger partial charge on any atom is -0.497 e. The summed E-state index contributed by atoms with van der Waals surface area (Å²) in [6, 6.07) is 23.7. The van der Waals surface area contributed by atoms with Gasteiger partial charge in [-0.05, 0) is 24.3 Å². The number of hydrogen-bond donors (Lipinski definition) is 1. The average Bonchev–Trinajstić information content (AvgIpc) is 2.96. The van der Waals surface area contributed by atoms with Crippen molar-refractivity contribution in [3.05, 3.63) is 72.8 Å². The number of rotatable bonds is 8. The quantitative estimate of drug-likeness (QED) is 0.264.